The van der Waals surface area contributed by atoms with Gasteiger partial charge in [0.1, 0.15) is 6.04 Å². The average molecular weight is 310 g/mol. The molecule has 4 rings (SSSR count). The molecule has 2 saturated heterocycles. The maximum Gasteiger partial charge on any atom is 0.244 e. The molecular weight excluding hydrogens is 292 g/mol. The Balaban J connectivity index is 1.50. The van der Waals surface area contributed by atoms with Gasteiger partial charge in [-0.05, 0) is 12.1 Å². The number of benzene rings is 1. The molecule has 23 heavy (non-hydrogen) atoms. The molecule has 0 spiro atoms. The molecule has 6 nitrogen and oxygen atoms in total. The van der Waals surface area contributed by atoms with Gasteiger partial charge in [0.15, 0.2) is 0 Å². The minimum atomic E-state index is -0.370. The molecule has 2 aromatic rings. The highest BCUT2D eigenvalue weighted by atomic mass is 16.2. The summed E-state index contributed by atoms with van der Waals surface area (Å²) in [5, 5.41) is 3.79. The van der Waals surface area contributed by atoms with Crippen LogP contribution in [0.25, 0.3) is 10.9 Å². The van der Waals surface area contributed by atoms with Gasteiger partial charge in [0.05, 0.1) is 17.8 Å². The number of pyridine rings is 1. The predicted molar refractivity (Wildman–Crippen MR) is 85.5 cm³/mol. The summed E-state index contributed by atoms with van der Waals surface area (Å²) in [6.07, 6.45) is 0. The summed E-state index contributed by atoms with van der Waals surface area (Å²) in [6, 6.07) is 11.8. The summed E-state index contributed by atoms with van der Waals surface area (Å²) in [7, 11) is 0. The maximum atomic E-state index is 12.0. The monoisotopic (exact) mass is 310 g/mol. The first-order chi connectivity index (χ1) is 11.2. The van der Waals surface area contributed by atoms with Gasteiger partial charge in [0, 0.05) is 31.6 Å². The lowest BCUT2D eigenvalue weighted by molar-refractivity contribution is -0.149. The number of fused-ring (bicyclic) bond motifs is 2. The van der Waals surface area contributed by atoms with Crippen LogP contribution in [0, 0.1) is 0 Å². The number of carbonyl (C=O) groups is 2. The molecule has 2 aliphatic rings. The summed E-state index contributed by atoms with van der Waals surface area (Å²) in [5.74, 6) is -0.0427. The summed E-state index contributed by atoms with van der Waals surface area (Å²) < 4.78 is 0. The van der Waals surface area contributed by atoms with E-state index in [2.05, 4.69) is 21.3 Å². The van der Waals surface area contributed by atoms with Gasteiger partial charge in [0.2, 0.25) is 11.8 Å². The SMILES string of the molecule is O=C1NCC(=O)N2CCN(Cc3ccc4ccccc4n3)CC12. The van der Waals surface area contributed by atoms with Gasteiger partial charge >= 0.3 is 0 Å². The van der Waals surface area contributed by atoms with Crippen LogP contribution in [0.1, 0.15) is 5.69 Å². The number of carbonyl (C=O) groups excluding carboxylic acids is 2. The second-order valence-electron chi connectivity index (χ2n) is 6.05. The molecule has 0 saturated carbocycles. The van der Waals surface area contributed by atoms with Crippen molar-refractivity contribution >= 4 is 22.7 Å². The van der Waals surface area contributed by atoms with E-state index >= 15 is 0 Å². The molecule has 1 aromatic carbocycles. The lowest BCUT2D eigenvalue weighted by atomic mass is 10.1. The average Bonchev–Trinajstić information content (AvgIpc) is 2.58. The number of nitrogens with one attached hydrogen (secondary N) is 1. The van der Waals surface area contributed by atoms with E-state index in [1.165, 1.54) is 0 Å². The number of piperazine rings is 2. The Labute approximate surface area is 134 Å². The number of nitrogens with zero attached hydrogens (tertiary/aromatic N) is 3. The van der Waals surface area contributed by atoms with E-state index in [0.29, 0.717) is 19.6 Å². The van der Waals surface area contributed by atoms with Crippen molar-refractivity contribution in [2.24, 2.45) is 0 Å². The van der Waals surface area contributed by atoms with Crippen molar-refractivity contribution in [1.29, 1.82) is 0 Å². The van der Waals surface area contributed by atoms with Crippen molar-refractivity contribution < 1.29 is 9.59 Å². The van der Waals surface area contributed by atoms with Crippen LogP contribution in [0.15, 0.2) is 36.4 Å². The minimum Gasteiger partial charge on any atom is -0.345 e. The van der Waals surface area contributed by atoms with Gasteiger partial charge in [-0.1, -0.05) is 24.3 Å². The van der Waals surface area contributed by atoms with Crippen LogP contribution in [-0.2, 0) is 16.1 Å². The van der Waals surface area contributed by atoms with Gasteiger partial charge in [0.25, 0.3) is 0 Å². The standard InChI is InChI=1S/C17H18N4O2/c22-16-9-18-17(23)15-11-20(7-8-21(15)16)10-13-6-5-12-3-1-2-4-14(12)19-13/h1-6,15H,7-11H2,(H,18,23). The number of amides is 2. The van der Waals surface area contributed by atoms with Crippen LogP contribution < -0.4 is 5.32 Å². The minimum absolute atomic E-state index is 0.0121. The van der Waals surface area contributed by atoms with Crippen molar-refractivity contribution in [3.8, 4) is 0 Å². The Hall–Kier alpha value is -2.47. The largest absolute Gasteiger partial charge is 0.345 e. The third-order valence-corrected chi connectivity index (χ3v) is 4.54. The van der Waals surface area contributed by atoms with Crippen LogP contribution in [-0.4, -0.2) is 58.8 Å². The quantitative estimate of drug-likeness (QED) is 0.871. The number of hydrogen-bond acceptors (Lipinski definition) is 4. The topological polar surface area (TPSA) is 65.5 Å². The van der Waals surface area contributed by atoms with Gasteiger partial charge in [-0.3, -0.25) is 19.5 Å². The van der Waals surface area contributed by atoms with Gasteiger partial charge < -0.3 is 10.2 Å². The molecule has 1 unspecified atom stereocenters. The lowest BCUT2D eigenvalue weighted by Gasteiger charge is -2.42. The summed E-state index contributed by atoms with van der Waals surface area (Å²) in [6.45, 7) is 2.75. The van der Waals surface area contributed by atoms with Gasteiger partial charge in [-0.15, -0.1) is 0 Å². The molecule has 1 N–H and O–H groups in total. The van der Waals surface area contributed by atoms with E-state index in [4.69, 9.17) is 0 Å². The molecule has 0 radical (unpaired) electrons. The second kappa shape index (κ2) is 5.62. The molecule has 0 bridgehead atoms. The molecule has 1 aromatic heterocycles. The molecule has 3 heterocycles. The van der Waals surface area contributed by atoms with E-state index in [-0.39, 0.29) is 24.4 Å². The fourth-order valence-corrected chi connectivity index (χ4v) is 3.31. The van der Waals surface area contributed by atoms with E-state index in [0.717, 1.165) is 23.1 Å². The predicted octanol–water partition coefficient (Wildman–Crippen LogP) is 0.377. The number of rotatable bonds is 2. The third-order valence-electron chi connectivity index (χ3n) is 4.54. The van der Waals surface area contributed by atoms with Crippen molar-refractivity contribution in [1.82, 2.24) is 20.1 Å². The second-order valence-corrected chi connectivity index (χ2v) is 6.05. The van der Waals surface area contributed by atoms with Gasteiger partial charge in [-0.25, -0.2) is 0 Å². The van der Waals surface area contributed by atoms with E-state index in [1.807, 2.05) is 30.3 Å². The molecule has 1 atom stereocenters. The normalized spacial score (nSPS) is 22.1. The Morgan fingerprint density at radius 3 is 2.91 bits per heavy atom. The summed E-state index contributed by atoms with van der Waals surface area (Å²) in [4.78, 5) is 32.4. The molecule has 6 heteroatoms. The Bertz CT molecular complexity index is 776. The highest BCUT2D eigenvalue weighted by molar-refractivity contribution is 5.95. The first-order valence-corrected chi connectivity index (χ1v) is 7.85. The zero-order valence-electron chi connectivity index (χ0n) is 12.7. The van der Waals surface area contributed by atoms with Crippen molar-refractivity contribution in [2.45, 2.75) is 12.6 Å². The molecule has 2 aliphatic heterocycles. The van der Waals surface area contributed by atoms with E-state index in [9.17, 15) is 9.59 Å². The van der Waals surface area contributed by atoms with Crippen LogP contribution >= 0.6 is 0 Å². The lowest BCUT2D eigenvalue weighted by Crippen LogP contribution is -2.65. The van der Waals surface area contributed by atoms with E-state index < -0.39 is 0 Å². The summed E-state index contributed by atoms with van der Waals surface area (Å²) >= 11 is 0. The maximum absolute atomic E-state index is 12.0. The molecule has 118 valence electrons. The van der Waals surface area contributed by atoms with Crippen LogP contribution in [0.2, 0.25) is 0 Å². The molecule has 0 aliphatic carbocycles. The Morgan fingerprint density at radius 2 is 2.00 bits per heavy atom. The van der Waals surface area contributed by atoms with Crippen molar-refractivity contribution in [2.75, 3.05) is 26.2 Å². The highest BCUT2D eigenvalue weighted by Crippen LogP contribution is 2.17. The zero-order chi connectivity index (χ0) is 15.8. The Kier molecular flexibility index (Phi) is 3.46. The van der Waals surface area contributed by atoms with Gasteiger partial charge in [-0.2, -0.15) is 0 Å². The number of para-hydroxylation sites is 1. The van der Waals surface area contributed by atoms with Crippen molar-refractivity contribution in [3.05, 3.63) is 42.1 Å². The van der Waals surface area contributed by atoms with Crippen molar-refractivity contribution in [3.63, 3.8) is 0 Å². The molecular formula is C17H18N4O2. The fourth-order valence-electron chi connectivity index (χ4n) is 3.31. The molecule has 2 amide bonds. The van der Waals surface area contributed by atoms with Crippen LogP contribution in [0.5, 0.6) is 0 Å². The first kappa shape index (κ1) is 14.1. The number of aromatic nitrogens is 1. The smallest absolute Gasteiger partial charge is 0.244 e. The van der Waals surface area contributed by atoms with E-state index in [1.54, 1.807) is 4.90 Å². The summed E-state index contributed by atoms with van der Waals surface area (Å²) in [5.41, 5.74) is 1.97. The van der Waals surface area contributed by atoms with Crippen LogP contribution in [0.3, 0.4) is 0 Å². The van der Waals surface area contributed by atoms with Crippen LogP contribution in [0.4, 0.5) is 0 Å². The fraction of sp³-hybridized carbons (Fsp3) is 0.353. The Morgan fingerprint density at radius 1 is 1.13 bits per heavy atom. The molecule has 2 fully saturated rings. The highest BCUT2D eigenvalue weighted by Gasteiger charge is 2.38. The third kappa shape index (κ3) is 2.66. The first-order valence-electron chi connectivity index (χ1n) is 7.85. The number of hydrogen-bond donors (Lipinski definition) is 1. The zero-order valence-corrected chi connectivity index (χ0v) is 12.7.